The summed E-state index contributed by atoms with van der Waals surface area (Å²) in [6.45, 7) is 0.645. The van der Waals surface area contributed by atoms with E-state index >= 15 is 0 Å². The molecule has 1 aliphatic heterocycles. The first-order valence-electron chi connectivity index (χ1n) is 9.57. The molecule has 0 fully saturated rings. The van der Waals surface area contributed by atoms with Crippen molar-refractivity contribution in [2.24, 2.45) is 0 Å². The molecule has 0 bridgehead atoms. The van der Waals surface area contributed by atoms with Crippen molar-refractivity contribution >= 4 is 28.7 Å². The third-order valence-corrected chi connectivity index (χ3v) is 6.04. The fraction of sp³-hybridized carbons (Fsp3) is 0.174. The van der Waals surface area contributed by atoms with Gasteiger partial charge in [-0.15, -0.1) is 0 Å². The average molecular weight is 420 g/mol. The van der Waals surface area contributed by atoms with Gasteiger partial charge >= 0.3 is 0 Å². The van der Waals surface area contributed by atoms with Crippen LogP contribution in [0.4, 0.5) is 5.82 Å². The Kier molecular flexibility index (Phi) is 4.88. The molecule has 0 saturated heterocycles. The summed E-state index contributed by atoms with van der Waals surface area (Å²) in [4.78, 5) is 0.831. The Hall–Kier alpha value is -3.32. The molecule has 0 radical (unpaired) electrons. The molecule has 0 aliphatic carbocycles. The molecule has 7 heteroatoms. The van der Waals surface area contributed by atoms with Gasteiger partial charge in [0.2, 0.25) is 0 Å². The van der Waals surface area contributed by atoms with Crippen molar-refractivity contribution in [2.75, 3.05) is 25.5 Å². The maximum atomic E-state index is 6.02. The number of aromatic nitrogens is 1. The van der Waals surface area contributed by atoms with Crippen LogP contribution in [0.5, 0.6) is 17.2 Å². The second kappa shape index (κ2) is 7.84. The topological polar surface area (TPSA) is 65.8 Å². The van der Waals surface area contributed by atoms with Gasteiger partial charge in [0.05, 0.1) is 20.8 Å². The maximum absolute atomic E-state index is 6.02. The average Bonchev–Trinajstić information content (AvgIpc) is 3.44. The SMILES string of the molecule is COc1cccc(OC)c1SNc1noc2cc(-c3ccccc3)c3c(c12)OCC3. The van der Waals surface area contributed by atoms with Gasteiger partial charge in [0.25, 0.3) is 0 Å². The highest BCUT2D eigenvalue weighted by Gasteiger charge is 2.26. The van der Waals surface area contributed by atoms with Gasteiger partial charge in [0.1, 0.15) is 27.5 Å². The zero-order valence-corrected chi connectivity index (χ0v) is 17.4. The van der Waals surface area contributed by atoms with Crippen molar-refractivity contribution in [1.82, 2.24) is 5.16 Å². The van der Waals surface area contributed by atoms with Gasteiger partial charge in [-0.2, -0.15) is 0 Å². The molecule has 30 heavy (non-hydrogen) atoms. The van der Waals surface area contributed by atoms with Crippen molar-refractivity contribution in [3.63, 3.8) is 0 Å². The highest BCUT2D eigenvalue weighted by atomic mass is 32.2. The summed E-state index contributed by atoms with van der Waals surface area (Å²) in [5.41, 5.74) is 4.13. The number of rotatable bonds is 6. The van der Waals surface area contributed by atoms with E-state index in [0.717, 1.165) is 33.6 Å². The largest absolute Gasteiger partial charge is 0.495 e. The van der Waals surface area contributed by atoms with Gasteiger partial charge < -0.3 is 23.5 Å². The first kappa shape index (κ1) is 18.7. The van der Waals surface area contributed by atoms with Crippen molar-refractivity contribution in [3.05, 3.63) is 60.2 Å². The highest BCUT2D eigenvalue weighted by Crippen LogP contribution is 2.45. The predicted octanol–water partition coefficient (Wildman–Crippen LogP) is 5.57. The van der Waals surface area contributed by atoms with Crippen molar-refractivity contribution in [1.29, 1.82) is 0 Å². The molecule has 4 aromatic rings. The van der Waals surface area contributed by atoms with Crippen LogP contribution in [0.2, 0.25) is 0 Å². The van der Waals surface area contributed by atoms with Crippen molar-refractivity contribution in [2.45, 2.75) is 11.3 Å². The molecule has 0 spiro atoms. The molecule has 5 rings (SSSR count). The molecule has 152 valence electrons. The molecule has 3 aromatic carbocycles. The fourth-order valence-electron chi connectivity index (χ4n) is 3.74. The molecule has 0 saturated carbocycles. The third-order valence-electron chi connectivity index (χ3n) is 5.14. The van der Waals surface area contributed by atoms with Crippen LogP contribution >= 0.6 is 11.9 Å². The van der Waals surface area contributed by atoms with Crippen LogP contribution in [-0.4, -0.2) is 26.0 Å². The molecule has 1 aliphatic rings. The van der Waals surface area contributed by atoms with E-state index in [9.17, 15) is 0 Å². The van der Waals surface area contributed by atoms with Crippen LogP contribution in [0.3, 0.4) is 0 Å². The number of hydrogen-bond acceptors (Lipinski definition) is 7. The molecule has 6 nitrogen and oxygen atoms in total. The molecule has 0 atom stereocenters. The van der Waals surface area contributed by atoms with Crippen LogP contribution in [0.15, 0.2) is 64.0 Å². The molecule has 1 aromatic heterocycles. The number of ether oxygens (including phenoxy) is 3. The lowest BCUT2D eigenvalue weighted by atomic mass is 9.96. The minimum absolute atomic E-state index is 0.612. The minimum atomic E-state index is 0.612. The normalized spacial score (nSPS) is 12.5. The Labute approximate surface area is 178 Å². The smallest absolute Gasteiger partial charge is 0.191 e. The van der Waals surface area contributed by atoms with Crippen molar-refractivity contribution < 1.29 is 18.7 Å². The summed E-state index contributed by atoms with van der Waals surface area (Å²) in [5, 5.41) is 5.12. The third kappa shape index (κ3) is 3.11. The Morgan fingerprint density at radius 1 is 1.00 bits per heavy atom. The maximum Gasteiger partial charge on any atom is 0.191 e. The lowest BCUT2D eigenvalue weighted by Gasteiger charge is -2.12. The number of methoxy groups -OCH3 is 2. The number of anilines is 1. The van der Waals surface area contributed by atoms with E-state index < -0.39 is 0 Å². The van der Waals surface area contributed by atoms with Gasteiger partial charge in [0, 0.05) is 12.0 Å². The van der Waals surface area contributed by atoms with E-state index in [4.69, 9.17) is 18.7 Å². The second-order valence-electron chi connectivity index (χ2n) is 6.80. The molecular weight excluding hydrogens is 400 g/mol. The molecule has 1 N–H and O–H groups in total. The predicted molar refractivity (Wildman–Crippen MR) is 118 cm³/mol. The highest BCUT2D eigenvalue weighted by molar-refractivity contribution is 8.00. The van der Waals surface area contributed by atoms with Crippen LogP contribution in [0.25, 0.3) is 22.1 Å². The summed E-state index contributed by atoms with van der Waals surface area (Å²) in [6.07, 6.45) is 0.855. The number of nitrogens with zero attached hydrogens (tertiary/aromatic N) is 1. The summed E-state index contributed by atoms with van der Waals surface area (Å²) in [7, 11) is 3.27. The van der Waals surface area contributed by atoms with Gasteiger partial charge in [-0.3, -0.25) is 0 Å². The van der Waals surface area contributed by atoms with Crippen LogP contribution in [-0.2, 0) is 6.42 Å². The zero-order valence-electron chi connectivity index (χ0n) is 16.6. The number of hydrogen-bond donors (Lipinski definition) is 1. The Balaban J connectivity index is 1.55. The van der Waals surface area contributed by atoms with Crippen LogP contribution < -0.4 is 18.9 Å². The molecular formula is C23H20N2O4S. The van der Waals surface area contributed by atoms with Crippen LogP contribution in [0, 0.1) is 0 Å². The van der Waals surface area contributed by atoms with Gasteiger partial charge in [0.15, 0.2) is 11.4 Å². The van der Waals surface area contributed by atoms with E-state index in [0.29, 0.717) is 29.5 Å². The van der Waals surface area contributed by atoms with E-state index in [1.54, 1.807) is 14.2 Å². The minimum Gasteiger partial charge on any atom is -0.495 e. The first-order chi connectivity index (χ1) is 14.8. The quantitative estimate of drug-likeness (QED) is 0.409. The Bertz CT molecular complexity index is 1180. The summed E-state index contributed by atoms with van der Waals surface area (Å²) < 4.78 is 25.9. The lowest BCUT2D eigenvalue weighted by molar-refractivity contribution is 0.360. The van der Waals surface area contributed by atoms with Crippen molar-refractivity contribution in [3.8, 4) is 28.4 Å². The summed E-state index contributed by atoms with van der Waals surface area (Å²) in [5.74, 6) is 2.88. The fourth-order valence-corrected chi connectivity index (χ4v) is 4.58. The Morgan fingerprint density at radius 3 is 2.50 bits per heavy atom. The van der Waals surface area contributed by atoms with Gasteiger partial charge in [-0.25, -0.2) is 0 Å². The molecule has 0 amide bonds. The lowest BCUT2D eigenvalue weighted by Crippen LogP contribution is -1.95. The van der Waals surface area contributed by atoms with Gasteiger partial charge in [-0.05, 0) is 41.3 Å². The second-order valence-corrected chi connectivity index (χ2v) is 7.61. The first-order valence-corrected chi connectivity index (χ1v) is 10.4. The van der Waals surface area contributed by atoms with Gasteiger partial charge in [-0.1, -0.05) is 41.6 Å². The standard InChI is InChI=1S/C23H20N2O4S/c1-26-17-9-6-10-18(27-2)22(17)30-25-23-20-19(29-24-23)13-16(14-7-4-3-5-8-14)15-11-12-28-21(15)20/h3-10,13H,11-12H2,1-2H3,(H,24,25). The van der Waals surface area contributed by atoms with Crippen LogP contribution in [0.1, 0.15) is 5.56 Å². The number of nitrogens with one attached hydrogen (secondary N) is 1. The summed E-state index contributed by atoms with van der Waals surface area (Å²) >= 11 is 1.36. The zero-order chi connectivity index (χ0) is 20.5. The molecule has 2 heterocycles. The van der Waals surface area contributed by atoms with E-state index in [2.05, 4.69) is 22.0 Å². The van der Waals surface area contributed by atoms with E-state index in [1.165, 1.54) is 17.5 Å². The molecule has 0 unspecified atom stereocenters. The van der Waals surface area contributed by atoms with E-state index in [-0.39, 0.29) is 0 Å². The monoisotopic (exact) mass is 420 g/mol. The van der Waals surface area contributed by atoms with E-state index in [1.807, 2.05) is 42.5 Å². The number of benzene rings is 3. The Morgan fingerprint density at radius 2 is 1.77 bits per heavy atom. The summed E-state index contributed by atoms with van der Waals surface area (Å²) in [6, 6.07) is 18.0. The number of fused-ring (bicyclic) bond motifs is 3.